The Morgan fingerprint density at radius 1 is 1.40 bits per heavy atom. The van der Waals surface area contributed by atoms with Crippen LogP contribution in [-0.4, -0.2) is 60.5 Å². The van der Waals surface area contributed by atoms with E-state index in [1.165, 1.54) is 10.9 Å². The highest BCUT2D eigenvalue weighted by Gasteiger charge is 2.38. The maximum absolute atomic E-state index is 12.3. The first-order chi connectivity index (χ1) is 14.2. The Labute approximate surface area is 176 Å². The van der Waals surface area contributed by atoms with Gasteiger partial charge >= 0.3 is 8.03 Å². The number of aromatic nitrogens is 4. The summed E-state index contributed by atoms with van der Waals surface area (Å²) in [5.41, 5.74) is 5.61. The van der Waals surface area contributed by atoms with Crippen LogP contribution in [0.1, 0.15) is 53.2 Å². The summed E-state index contributed by atoms with van der Waals surface area (Å²) in [7, 11) is -1.81. The van der Waals surface area contributed by atoms with Gasteiger partial charge in [0.25, 0.3) is 12.1 Å². The highest BCUT2D eigenvalue weighted by molar-refractivity contribution is 7.40. The molecule has 2 heterocycles. The Hall–Kier alpha value is -1.91. The van der Waals surface area contributed by atoms with Crippen LogP contribution in [0.4, 0.5) is 5.82 Å². The van der Waals surface area contributed by atoms with Gasteiger partial charge in [-0.15, -0.1) is 4.52 Å². The van der Waals surface area contributed by atoms with Crippen LogP contribution in [0.25, 0.3) is 11.2 Å². The van der Waals surface area contributed by atoms with Crippen molar-refractivity contribution < 1.29 is 34.0 Å². The van der Waals surface area contributed by atoms with E-state index in [2.05, 4.69) is 9.97 Å². The van der Waals surface area contributed by atoms with E-state index in [0.29, 0.717) is 17.6 Å². The van der Waals surface area contributed by atoms with E-state index >= 15 is 0 Å². The van der Waals surface area contributed by atoms with Gasteiger partial charge < -0.3 is 25.9 Å². The summed E-state index contributed by atoms with van der Waals surface area (Å²) < 4.78 is 26.1. The van der Waals surface area contributed by atoms with Gasteiger partial charge in [-0.25, -0.2) is 4.98 Å². The minimum atomic E-state index is -1.81. The van der Waals surface area contributed by atoms with Gasteiger partial charge in [0.15, 0.2) is 11.9 Å². The largest absolute Gasteiger partial charge is 0.511 e. The monoisotopic (exact) mass is 445 g/mol. The predicted molar refractivity (Wildman–Crippen MR) is 109 cm³/mol. The lowest BCUT2D eigenvalue weighted by molar-refractivity contribution is -0.894. The van der Waals surface area contributed by atoms with Gasteiger partial charge in [-0.2, -0.15) is 0 Å². The number of aliphatic hydroxyl groups is 2. The molecule has 0 aliphatic rings. The van der Waals surface area contributed by atoms with Gasteiger partial charge in [0.1, 0.15) is 18.0 Å². The molecule has 2 aromatic rings. The molecule has 0 saturated heterocycles. The zero-order valence-corrected chi connectivity index (χ0v) is 18.7. The van der Waals surface area contributed by atoms with E-state index < -0.39 is 32.6 Å². The summed E-state index contributed by atoms with van der Waals surface area (Å²) in [6, 6.07) is 0. The molecule has 0 spiro atoms. The summed E-state index contributed by atoms with van der Waals surface area (Å²) in [6.07, 6.45) is 2.04. The van der Waals surface area contributed by atoms with Crippen LogP contribution in [0.2, 0.25) is 0 Å². The van der Waals surface area contributed by atoms with Crippen LogP contribution in [0.15, 0.2) is 12.7 Å². The highest BCUT2D eigenvalue weighted by atomic mass is 31.1. The number of nitrogens with two attached hydrogens (primary N) is 1. The molecule has 0 bridgehead atoms. The molecular formula is C18H32N5O6P+2. The Bertz CT molecular complexity index is 865. The van der Waals surface area contributed by atoms with Crippen molar-refractivity contribution in [3.8, 4) is 0 Å². The fourth-order valence-electron chi connectivity index (χ4n) is 2.74. The van der Waals surface area contributed by atoms with Crippen LogP contribution in [-0.2, 0) is 13.8 Å². The van der Waals surface area contributed by atoms with E-state index in [4.69, 9.17) is 15.0 Å². The molecule has 30 heavy (non-hydrogen) atoms. The number of aliphatic hydroxyl groups excluding tert-OH is 2. The molecule has 2 aromatic heterocycles. The molecule has 5 N–H and O–H groups in total. The molecular weight excluding hydrogens is 413 g/mol. The zero-order valence-electron chi connectivity index (χ0n) is 17.8. The quantitative estimate of drug-likeness (QED) is 0.216. The van der Waals surface area contributed by atoms with Crippen molar-refractivity contribution in [1.82, 2.24) is 14.5 Å². The molecule has 168 valence electrons. The van der Waals surface area contributed by atoms with Gasteiger partial charge in [-0.05, 0) is 31.3 Å². The molecule has 2 rings (SSSR count). The number of rotatable bonds is 12. The van der Waals surface area contributed by atoms with Crippen molar-refractivity contribution in [3.63, 3.8) is 0 Å². The lowest BCUT2D eigenvalue weighted by atomic mass is 10.0. The molecule has 11 nitrogen and oxygen atoms in total. The third-order valence-corrected chi connectivity index (χ3v) is 6.97. The van der Waals surface area contributed by atoms with Crippen LogP contribution < -0.4 is 10.5 Å². The van der Waals surface area contributed by atoms with Gasteiger partial charge in [0.05, 0.1) is 13.2 Å². The van der Waals surface area contributed by atoms with Crippen molar-refractivity contribution in [2.24, 2.45) is 0 Å². The first kappa shape index (κ1) is 24.4. The average Bonchev–Trinajstić information content (AvgIpc) is 3.17. The van der Waals surface area contributed by atoms with Crippen molar-refractivity contribution >= 4 is 25.0 Å². The normalized spacial score (nSPS) is 17.5. The second-order valence-electron chi connectivity index (χ2n) is 7.50. The van der Waals surface area contributed by atoms with E-state index in [-0.39, 0.29) is 29.2 Å². The average molecular weight is 445 g/mol. The summed E-state index contributed by atoms with van der Waals surface area (Å²) in [5.74, 6) is -0.0169. The molecule has 0 radical (unpaired) electrons. The maximum atomic E-state index is 12.3. The summed E-state index contributed by atoms with van der Waals surface area (Å²) in [4.78, 5) is 8.19. The summed E-state index contributed by atoms with van der Waals surface area (Å²) in [5, 5.41) is 29.4. The lowest BCUT2D eigenvalue weighted by Crippen LogP contribution is -2.35. The van der Waals surface area contributed by atoms with Crippen LogP contribution in [0.5, 0.6) is 0 Å². The zero-order chi connectivity index (χ0) is 22.5. The van der Waals surface area contributed by atoms with Crippen LogP contribution in [0.3, 0.4) is 0 Å². The van der Waals surface area contributed by atoms with Crippen molar-refractivity contribution in [2.75, 3.05) is 18.9 Å². The van der Waals surface area contributed by atoms with Crippen LogP contribution in [0, 0.1) is 0 Å². The van der Waals surface area contributed by atoms with Crippen molar-refractivity contribution in [1.29, 1.82) is 0 Å². The molecule has 0 aromatic carbocycles. The molecule has 12 heteroatoms. The van der Waals surface area contributed by atoms with Crippen LogP contribution >= 0.6 is 8.03 Å². The second kappa shape index (κ2) is 10.4. The summed E-state index contributed by atoms with van der Waals surface area (Å²) >= 11 is 0. The van der Waals surface area contributed by atoms with Gasteiger partial charge in [-0.1, -0.05) is 23.6 Å². The summed E-state index contributed by atoms with van der Waals surface area (Å²) in [6.45, 7) is 7.28. The smallest absolute Gasteiger partial charge is 0.394 e. The maximum Gasteiger partial charge on any atom is 0.511 e. The third-order valence-electron chi connectivity index (χ3n) is 5.27. The van der Waals surface area contributed by atoms with Crippen molar-refractivity contribution in [2.45, 2.75) is 70.5 Å². The molecule has 4 unspecified atom stereocenters. The Balaban J connectivity index is 2.16. The molecule has 0 amide bonds. The first-order valence-corrected chi connectivity index (χ1v) is 11.2. The molecule has 0 fully saturated rings. The Morgan fingerprint density at radius 3 is 2.70 bits per heavy atom. The topological polar surface area (TPSA) is 157 Å². The number of hydrogen-bond acceptors (Lipinski definition) is 9. The number of imidazole rings is 1. The molecule has 0 aliphatic heterocycles. The van der Waals surface area contributed by atoms with E-state index in [0.717, 1.165) is 12.7 Å². The van der Waals surface area contributed by atoms with E-state index in [1.807, 2.05) is 27.7 Å². The second-order valence-corrected chi connectivity index (χ2v) is 9.13. The lowest BCUT2D eigenvalue weighted by Gasteiger charge is -2.26. The number of hydrogen-bond donors (Lipinski definition) is 4. The number of nitrogens with zero attached hydrogens (tertiary/aromatic N) is 4. The minimum absolute atomic E-state index is 0.0169. The molecule has 5 atom stereocenters. The number of ether oxygens (including phenoxy) is 1. The molecule has 0 aliphatic carbocycles. The highest BCUT2D eigenvalue weighted by Crippen LogP contribution is 2.39. The third kappa shape index (κ3) is 5.41. The Kier molecular flexibility index (Phi) is 8.45. The predicted octanol–water partition coefficient (Wildman–Crippen LogP) is 1.52. The van der Waals surface area contributed by atoms with Gasteiger partial charge in [0, 0.05) is 6.42 Å². The molecule has 0 saturated carbocycles. The standard InChI is InChI=1S/C18H31N5O6P/c1-5-12(3)30(27)29-18(4,6-2)7-8-28-17(13(25)9-24)22-10-20-14-15(19)23(26)11-21-16(14)22/h10-13,17,19,24-26H,5-9H2,1-4H3/q+1/p+1/t12?,13-,17?,18?/m1/s1. The fraction of sp³-hybridized carbons (Fsp3) is 0.722. The number of nitrogen functional groups attached to an aromatic ring is 1. The fourth-order valence-corrected chi connectivity index (χ4v) is 3.87. The number of fused-ring (bicyclic) bond motifs is 1. The van der Waals surface area contributed by atoms with E-state index in [9.17, 15) is 20.0 Å². The Morgan fingerprint density at radius 2 is 2.10 bits per heavy atom. The minimum Gasteiger partial charge on any atom is -0.394 e. The van der Waals surface area contributed by atoms with Gasteiger partial charge in [0.2, 0.25) is 11.2 Å². The number of anilines is 1. The first-order valence-electron chi connectivity index (χ1n) is 9.95. The van der Waals surface area contributed by atoms with Crippen molar-refractivity contribution in [3.05, 3.63) is 12.7 Å². The SMILES string of the molecule is CCC(C)[P+](=O)OC(C)(CC)CCOC([C@H](O)CO)n1cnc2c(N)[n+](O)cnc21. The van der Waals surface area contributed by atoms with E-state index in [1.54, 1.807) is 0 Å². The van der Waals surface area contributed by atoms with Gasteiger partial charge in [-0.3, -0.25) is 4.57 Å².